The summed E-state index contributed by atoms with van der Waals surface area (Å²) in [6.45, 7) is 6.64. The van der Waals surface area contributed by atoms with E-state index in [4.69, 9.17) is 16.3 Å². The van der Waals surface area contributed by atoms with Crippen molar-refractivity contribution in [2.75, 3.05) is 13.1 Å². The van der Waals surface area contributed by atoms with Gasteiger partial charge in [-0.15, -0.1) is 0 Å². The fraction of sp³-hybridized carbons (Fsp3) is 0.647. The number of hydrogen-bond acceptors (Lipinski definition) is 2. The van der Waals surface area contributed by atoms with E-state index in [2.05, 4.69) is 31.3 Å². The Hall–Kier alpha value is -0.570. The zero-order valence-electron chi connectivity index (χ0n) is 12.4. The van der Waals surface area contributed by atoms with Crippen molar-refractivity contribution < 1.29 is 4.74 Å². The van der Waals surface area contributed by atoms with E-state index < -0.39 is 0 Å². The van der Waals surface area contributed by atoms with Gasteiger partial charge in [-0.1, -0.05) is 23.7 Å². The summed E-state index contributed by atoms with van der Waals surface area (Å²) in [5.74, 6) is 0.572. The zero-order valence-corrected chi connectivity index (χ0v) is 13.1. The largest absolute Gasteiger partial charge is 0.376 e. The van der Waals surface area contributed by atoms with Crippen LogP contribution in [0.3, 0.4) is 0 Å². The Balaban J connectivity index is 1.92. The average molecular weight is 294 g/mol. The maximum atomic E-state index is 6.04. The van der Waals surface area contributed by atoms with Gasteiger partial charge in [0, 0.05) is 17.5 Å². The minimum Gasteiger partial charge on any atom is -0.376 e. The fourth-order valence-electron chi connectivity index (χ4n) is 4.35. The first-order valence-corrected chi connectivity index (χ1v) is 8.08. The molecule has 2 nitrogen and oxygen atoms in total. The summed E-state index contributed by atoms with van der Waals surface area (Å²) in [6.07, 6.45) is 4.33. The summed E-state index contributed by atoms with van der Waals surface area (Å²) >= 11 is 6.04. The molecule has 3 rings (SSSR count). The molecule has 2 saturated heterocycles. The number of rotatable bonds is 1. The Kier molecular flexibility index (Phi) is 4.07. The minimum atomic E-state index is 0.367. The third-order valence-electron chi connectivity index (χ3n) is 5.01. The van der Waals surface area contributed by atoms with Crippen LogP contribution in [0, 0.1) is 5.41 Å². The normalized spacial score (nSPS) is 38.0. The second-order valence-electron chi connectivity index (χ2n) is 6.59. The molecule has 0 radical (unpaired) electrons. The second-order valence-corrected chi connectivity index (χ2v) is 7.02. The molecule has 3 atom stereocenters. The number of hydrogen-bond donors (Lipinski definition) is 1. The predicted octanol–water partition coefficient (Wildman–Crippen LogP) is 3.99. The van der Waals surface area contributed by atoms with Crippen LogP contribution in [-0.2, 0) is 4.74 Å². The molecule has 3 heteroatoms. The quantitative estimate of drug-likeness (QED) is 0.845. The standard InChI is InChI=1S/C17H24ClNO/c1-12-9-17(10-13(2)20-12)7-8-19-11-16(17)14-3-5-15(18)6-4-14/h3-6,12-13,16,19H,7-11H2,1-2H3. The van der Waals surface area contributed by atoms with Crippen LogP contribution in [0.25, 0.3) is 0 Å². The highest BCUT2D eigenvalue weighted by Gasteiger charge is 2.46. The number of piperidine rings is 1. The van der Waals surface area contributed by atoms with Crippen LogP contribution in [0.4, 0.5) is 0 Å². The first-order chi connectivity index (χ1) is 9.59. The molecule has 2 aliphatic rings. The number of halogens is 1. The summed E-state index contributed by atoms with van der Waals surface area (Å²) in [4.78, 5) is 0. The molecule has 0 saturated carbocycles. The highest BCUT2D eigenvalue weighted by atomic mass is 35.5. The van der Waals surface area contributed by atoms with Gasteiger partial charge in [0.1, 0.15) is 0 Å². The van der Waals surface area contributed by atoms with Crippen LogP contribution in [-0.4, -0.2) is 25.3 Å². The van der Waals surface area contributed by atoms with Crippen molar-refractivity contribution in [3.8, 4) is 0 Å². The third kappa shape index (κ3) is 2.74. The zero-order chi connectivity index (χ0) is 14.2. The Morgan fingerprint density at radius 2 is 1.80 bits per heavy atom. The molecule has 20 heavy (non-hydrogen) atoms. The lowest BCUT2D eigenvalue weighted by Gasteiger charge is -2.50. The van der Waals surface area contributed by atoms with Crippen molar-refractivity contribution in [2.45, 2.75) is 51.2 Å². The van der Waals surface area contributed by atoms with E-state index in [9.17, 15) is 0 Å². The van der Waals surface area contributed by atoms with Crippen LogP contribution < -0.4 is 5.32 Å². The maximum absolute atomic E-state index is 6.04. The van der Waals surface area contributed by atoms with Crippen molar-refractivity contribution >= 4 is 11.6 Å². The maximum Gasteiger partial charge on any atom is 0.0556 e. The average Bonchev–Trinajstić information content (AvgIpc) is 2.39. The fourth-order valence-corrected chi connectivity index (χ4v) is 4.48. The van der Waals surface area contributed by atoms with Gasteiger partial charge in [0.15, 0.2) is 0 Å². The van der Waals surface area contributed by atoms with Gasteiger partial charge in [0.2, 0.25) is 0 Å². The number of nitrogens with one attached hydrogen (secondary N) is 1. The molecule has 1 spiro atoms. The predicted molar refractivity (Wildman–Crippen MR) is 83.4 cm³/mol. The monoisotopic (exact) mass is 293 g/mol. The third-order valence-corrected chi connectivity index (χ3v) is 5.26. The van der Waals surface area contributed by atoms with Gasteiger partial charge < -0.3 is 10.1 Å². The van der Waals surface area contributed by atoms with Crippen LogP contribution in [0.2, 0.25) is 5.02 Å². The van der Waals surface area contributed by atoms with Crippen LogP contribution in [0.1, 0.15) is 44.6 Å². The Bertz CT molecular complexity index is 449. The molecule has 1 aromatic carbocycles. The lowest BCUT2D eigenvalue weighted by Crippen LogP contribution is -2.49. The molecule has 0 amide bonds. The topological polar surface area (TPSA) is 21.3 Å². The molecule has 2 fully saturated rings. The van der Waals surface area contributed by atoms with Crippen molar-refractivity contribution in [1.82, 2.24) is 5.32 Å². The molecule has 110 valence electrons. The molecule has 3 unspecified atom stereocenters. The van der Waals surface area contributed by atoms with Gasteiger partial charge >= 0.3 is 0 Å². The first kappa shape index (κ1) is 14.4. The summed E-state index contributed by atoms with van der Waals surface area (Å²) in [6, 6.07) is 8.44. The summed E-state index contributed by atoms with van der Waals surface area (Å²) in [5.41, 5.74) is 1.80. The van der Waals surface area contributed by atoms with Gasteiger partial charge in [-0.25, -0.2) is 0 Å². The Morgan fingerprint density at radius 3 is 2.45 bits per heavy atom. The molecule has 1 aromatic rings. The summed E-state index contributed by atoms with van der Waals surface area (Å²) in [5, 5.41) is 4.40. The van der Waals surface area contributed by atoms with Gasteiger partial charge in [-0.3, -0.25) is 0 Å². The minimum absolute atomic E-state index is 0.367. The molecule has 0 bridgehead atoms. The Labute approximate surface area is 126 Å². The molecule has 2 aliphatic heterocycles. The van der Waals surface area contributed by atoms with Crippen LogP contribution in [0.15, 0.2) is 24.3 Å². The molecular weight excluding hydrogens is 270 g/mol. The van der Waals surface area contributed by atoms with Crippen molar-refractivity contribution in [2.24, 2.45) is 5.41 Å². The summed E-state index contributed by atoms with van der Waals surface area (Å²) in [7, 11) is 0. The van der Waals surface area contributed by atoms with E-state index in [0.29, 0.717) is 23.5 Å². The number of ether oxygens (including phenoxy) is 1. The highest BCUT2D eigenvalue weighted by Crippen LogP contribution is 2.51. The molecule has 0 aliphatic carbocycles. The molecule has 1 N–H and O–H groups in total. The van der Waals surface area contributed by atoms with Gasteiger partial charge in [-0.05, 0) is 62.8 Å². The van der Waals surface area contributed by atoms with E-state index in [1.54, 1.807) is 0 Å². The van der Waals surface area contributed by atoms with E-state index in [1.807, 2.05) is 12.1 Å². The van der Waals surface area contributed by atoms with E-state index >= 15 is 0 Å². The van der Waals surface area contributed by atoms with Crippen LogP contribution in [0.5, 0.6) is 0 Å². The van der Waals surface area contributed by atoms with Crippen molar-refractivity contribution in [3.05, 3.63) is 34.9 Å². The van der Waals surface area contributed by atoms with Crippen molar-refractivity contribution in [1.29, 1.82) is 0 Å². The summed E-state index contributed by atoms with van der Waals surface area (Å²) < 4.78 is 5.98. The lowest BCUT2D eigenvalue weighted by molar-refractivity contribution is -0.103. The number of benzene rings is 1. The van der Waals surface area contributed by atoms with Gasteiger partial charge in [0.05, 0.1) is 12.2 Å². The van der Waals surface area contributed by atoms with Gasteiger partial charge in [0.25, 0.3) is 0 Å². The van der Waals surface area contributed by atoms with Gasteiger partial charge in [-0.2, -0.15) is 0 Å². The lowest BCUT2D eigenvalue weighted by atomic mass is 9.61. The smallest absolute Gasteiger partial charge is 0.0556 e. The van der Waals surface area contributed by atoms with E-state index in [-0.39, 0.29) is 0 Å². The second kappa shape index (κ2) is 5.67. The van der Waals surface area contributed by atoms with Crippen LogP contribution >= 0.6 is 11.6 Å². The first-order valence-electron chi connectivity index (χ1n) is 7.71. The van der Waals surface area contributed by atoms with E-state index in [1.165, 1.54) is 24.8 Å². The Morgan fingerprint density at radius 1 is 1.15 bits per heavy atom. The SMILES string of the molecule is CC1CC2(CCNCC2c2ccc(Cl)cc2)CC(C)O1. The van der Waals surface area contributed by atoms with Crippen molar-refractivity contribution in [3.63, 3.8) is 0 Å². The highest BCUT2D eigenvalue weighted by molar-refractivity contribution is 6.30. The van der Waals surface area contributed by atoms with E-state index in [0.717, 1.165) is 18.1 Å². The molecule has 2 heterocycles. The molecular formula is C17H24ClNO. The molecule has 0 aromatic heterocycles.